The Labute approximate surface area is 193 Å². The standard InChI is InChI=1S/C24H30N6OS/c31-22(25-11-6-12-28-16-10-19-7-1-2-8-20(19)17-28)21-9-5-15-30(18-21)24-27-26-23(32-24)29-13-3-4-14-29/h1-4,7-8,13-14,21H,5-6,9-12,15-18H2,(H,25,31)/t21-/m1/s1. The smallest absolute Gasteiger partial charge is 0.224 e. The average Bonchev–Trinajstić information content (AvgIpc) is 3.54. The number of piperidine rings is 1. The third kappa shape index (κ3) is 4.86. The molecule has 1 fully saturated rings. The predicted octanol–water partition coefficient (Wildman–Crippen LogP) is 3.11. The third-order valence-electron chi connectivity index (χ3n) is 6.45. The number of aromatic nitrogens is 3. The number of anilines is 1. The van der Waals surface area contributed by atoms with E-state index in [1.165, 1.54) is 11.1 Å². The van der Waals surface area contributed by atoms with Crippen molar-refractivity contribution in [2.75, 3.05) is 37.6 Å². The lowest BCUT2D eigenvalue weighted by atomic mass is 9.97. The van der Waals surface area contributed by atoms with Gasteiger partial charge in [-0.1, -0.05) is 35.6 Å². The van der Waals surface area contributed by atoms with E-state index in [1.54, 1.807) is 11.3 Å². The Balaban J connectivity index is 1.07. The van der Waals surface area contributed by atoms with Crippen LogP contribution in [0.15, 0.2) is 48.8 Å². The van der Waals surface area contributed by atoms with Crippen molar-refractivity contribution in [2.45, 2.75) is 32.2 Å². The fourth-order valence-corrected chi connectivity index (χ4v) is 5.52. The summed E-state index contributed by atoms with van der Waals surface area (Å²) < 4.78 is 1.97. The Morgan fingerprint density at radius 3 is 2.75 bits per heavy atom. The maximum Gasteiger partial charge on any atom is 0.224 e. The number of hydrogen-bond acceptors (Lipinski definition) is 6. The molecule has 2 aromatic heterocycles. The Morgan fingerprint density at radius 2 is 1.88 bits per heavy atom. The monoisotopic (exact) mass is 450 g/mol. The number of carbonyl (C=O) groups excluding carboxylic acids is 1. The van der Waals surface area contributed by atoms with Gasteiger partial charge in [-0.05, 0) is 48.9 Å². The van der Waals surface area contributed by atoms with E-state index in [-0.39, 0.29) is 11.8 Å². The van der Waals surface area contributed by atoms with Crippen LogP contribution in [-0.2, 0) is 17.8 Å². The van der Waals surface area contributed by atoms with E-state index in [9.17, 15) is 4.79 Å². The molecule has 7 nitrogen and oxygen atoms in total. The largest absolute Gasteiger partial charge is 0.356 e. The van der Waals surface area contributed by atoms with Gasteiger partial charge in [0.05, 0.1) is 5.92 Å². The minimum atomic E-state index is 0.0181. The summed E-state index contributed by atoms with van der Waals surface area (Å²) in [5, 5.41) is 13.6. The van der Waals surface area contributed by atoms with Gasteiger partial charge < -0.3 is 10.2 Å². The van der Waals surface area contributed by atoms with Gasteiger partial charge in [-0.3, -0.25) is 14.3 Å². The first-order chi connectivity index (χ1) is 15.8. The third-order valence-corrected chi connectivity index (χ3v) is 7.45. The highest BCUT2D eigenvalue weighted by atomic mass is 32.1. The maximum absolute atomic E-state index is 12.8. The second-order valence-corrected chi connectivity index (χ2v) is 9.62. The Morgan fingerprint density at radius 1 is 1.06 bits per heavy atom. The van der Waals surface area contributed by atoms with Crippen molar-refractivity contribution >= 4 is 22.4 Å². The molecule has 8 heteroatoms. The van der Waals surface area contributed by atoms with E-state index < -0.39 is 0 Å². The van der Waals surface area contributed by atoms with E-state index in [1.807, 2.05) is 29.1 Å². The van der Waals surface area contributed by atoms with E-state index in [2.05, 4.69) is 49.6 Å². The predicted molar refractivity (Wildman–Crippen MR) is 127 cm³/mol. The second kappa shape index (κ2) is 9.83. The molecule has 0 unspecified atom stereocenters. The molecule has 3 aromatic rings. The van der Waals surface area contributed by atoms with Crippen molar-refractivity contribution in [3.05, 3.63) is 59.9 Å². The van der Waals surface area contributed by atoms with Crippen LogP contribution >= 0.6 is 11.3 Å². The van der Waals surface area contributed by atoms with Gasteiger partial charge in [0.1, 0.15) is 0 Å². The summed E-state index contributed by atoms with van der Waals surface area (Å²) >= 11 is 1.57. The fourth-order valence-electron chi connectivity index (χ4n) is 4.67. The minimum Gasteiger partial charge on any atom is -0.356 e. The van der Waals surface area contributed by atoms with Crippen molar-refractivity contribution in [1.82, 2.24) is 25.0 Å². The first-order valence-electron chi connectivity index (χ1n) is 11.5. The van der Waals surface area contributed by atoms with Crippen LogP contribution in [0.1, 0.15) is 30.4 Å². The normalized spacial score (nSPS) is 19.0. The highest BCUT2D eigenvalue weighted by molar-refractivity contribution is 7.17. The van der Waals surface area contributed by atoms with E-state index in [4.69, 9.17) is 0 Å². The Hall–Kier alpha value is -2.71. The van der Waals surface area contributed by atoms with Gasteiger partial charge in [0.2, 0.25) is 16.2 Å². The van der Waals surface area contributed by atoms with Gasteiger partial charge in [-0.25, -0.2) is 0 Å². The van der Waals surface area contributed by atoms with Crippen molar-refractivity contribution in [2.24, 2.45) is 5.92 Å². The van der Waals surface area contributed by atoms with Crippen LogP contribution in [0.4, 0.5) is 5.13 Å². The van der Waals surface area contributed by atoms with Gasteiger partial charge in [-0.2, -0.15) is 0 Å². The molecule has 0 bridgehead atoms. The zero-order valence-corrected chi connectivity index (χ0v) is 19.1. The van der Waals surface area contributed by atoms with Gasteiger partial charge in [0, 0.05) is 51.7 Å². The van der Waals surface area contributed by atoms with Crippen LogP contribution < -0.4 is 10.2 Å². The lowest BCUT2D eigenvalue weighted by Gasteiger charge is -2.31. The highest BCUT2D eigenvalue weighted by Gasteiger charge is 2.27. The molecule has 0 spiro atoms. The number of fused-ring (bicyclic) bond motifs is 1. The number of carbonyl (C=O) groups is 1. The number of amides is 1. The molecule has 0 radical (unpaired) electrons. The van der Waals surface area contributed by atoms with Crippen LogP contribution in [0.25, 0.3) is 5.13 Å². The number of rotatable bonds is 7. The van der Waals surface area contributed by atoms with Crippen molar-refractivity contribution in [3.8, 4) is 5.13 Å². The van der Waals surface area contributed by atoms with Crippen molar-refractivity contribution < 1.29 is 4.79 Å². The fraction of sp³-hybridized carbons (Fsp3) is 0.458. The summed E-state index contributed by atoms with van der Waals surface area (Å²) in [6.07, 6.45) is 8.00. The number of hydrogen-bond donors (Lipinski definition) is 1. The lowest BCUT2D eigenvalue weighted by molar-refractivity contribution is -0.125. The van der Waals surface area contributed by atoms with Gasteiger partial charge in [0.15, 0.2) is 0 Å². The molecular formula is C24H30N6OS. The molecule has 0 saturated carbocycles. The Bertz CT molecular complexity index is 1030. The average molecular weight is 451 g/mol. The topological polar surface area (TPSA) is 66.3 Å². The van der Waals surface area contributed by atoms with E-state index in [0.29, 0.717) is 0 Å². The molecule has 2 aliphatic rings. The number of benzene rings is 1. The summed E-state index contributed by atoms with van der Waals surface area (Å²) in [5.74, 6) is 0.193. The van der Waals surface area contributed by atoms with Crippen molar-refractivity contribution in [1.29, 1.82) is 0 Å². The van der Waals surface area contributed by atoms with Gasteiger partial charge in [0.25, 0.3) is 0 Å². The van der Waals surface area contributed by atoms with Crippen LogP contribution in [-0.4, -0.2) is 58.3 Å². The molecule has 1 amide bonds. The summed E-state index contributed by atoms with van der Waals surface area (Å²) in [6.45, 7) is 5.54. The number of nitrogens with zero attached hydrogens (tertiary/aromatic N) is 5. The van der Waals surface area contributed by atoms with Crippen LogP contribution in [0.5, 0.6) is 0 Å². The highest BCUT2D eigenvalue weighted by Crippen LogP contribution is 2.28. The maximum atomic E-state index is 12.8. The summed E-state index contributed by atoms with van der Waals surface area (Å²) in [6, 6.07) is 12.7. The van der Waals surface area contributed by atoms with E-state index in [0.717, 1.165) is 75.2 Å². The van der Waals surface area contributed by atoms with Crippen LogP contribution in [0.3, 0.4) is 0 Å². The number of nitrogens with one attached hydrogen (secondary N) is 1. The molecule has 32 heavy (non-hydrogen) atoms. The quantitative estimate of drug-likeness (QED) is 0.561. The minimum absolute atomic E-state index is 0.0181. The second-order valence-electron chi connectivity index (χ2n) is 8.68. The van der Waals surface area contributed by atoms with Crippen molar-refractivity contribution in [3.63, 3.8) is 0 Å². The molecule has 0 aliphatic carbocycles. The summed E-state index contributed by atoms with van der Waals surface area (Å²) in [4.78, 5) is 17.5. The van der Waals surface area contributed by atoms with Crippen LogP contribution in [0, 0.1) is 5.92 Å². The Kier molecular flexibility index (Phi) is 6.50. The van der Waals surface area contributed by atoms with Gasteiger partial charge >= 0.3 is 0 Å². The summed E-state index contributed by atoms with van der Waals surface area (Å²) in [7, 11) is 0. The SMILES string of the molecule is O=C(NCCCN1CCc2ccccc2C1)[C@@H]1CCCN(c2nnc(-n3cccc3)s2)C1. The molecule has 5 rings (SSSR count). The van der Waals surface area contributed by atoms with Crippen LogP contribution in [0.2, 0.25) is 0 Å². The molecule has 1 aromatic carbocycles. The zero-order valence-electron chi connectivity index (χ0n) is 18.3. The molecule has 168 valence electrons. The molecule has 1 N–H and O–H groups in total. The molecule has 4 heterocycles. The molecule has 1 saturated heterocycles. The summed E-state index contributed by atoms with van der Waals surface area (Å²) in [5.41, 5.74) is 2.93. The lowest BCUT2D eigenvalue weighted by Crippen LogP contribution is -2.43. The first-order valence-corrected chi connectivity index (χ1v) is 12.4. The molecule has 2 aliphatic heterocycles. The zero-order chi connectivity index (χ0) is 21.8. The van der Waals surface area contributed by atoms with E-state index >= 15 is 0 Å². The molecule has 1 atom stereocenters. The van der Waals surface area contributed by atoms with Gasteiger partial charge in [-0.15, -0.1) is 10.2 Å². The first kappa shape index (κ1) is 21.2. The molecular weight excluding hydrogens is 420 g/mol.